The highest BCUT2D eigenvalue weighted by molar-refractivity contribution is 6.24. The van der Waals surface area contributed by atoms with Crippen LogP contribution in [0.3, 0.4) is 0 Å². The highest BCUT2D eigenvalue weighted by Crippen LogP contribution is 2.45. The Hall–Kier alpha value is -7.30. The molecule has 4 heteroatoms. The second kappa shape index (κ2) is 13.1. The first-order valence-electron chi connectivity index (χ1n) is 20.2. The average molecular weight is 744 g/mol. The summed E-state index contributed by atoms with van der Waals surface area (Å²) in [7, 11) is 0. The number of nitrogens with one attached hydrogen (secondary N) is 1. The number of aryl methyl sites for hydroxylation is 1. The van der Waals surface area contributed by atoms with Crippen LogP contribution in [0.5, 0.6) is 0 Å². The molecule has 1 aromatic heterocycles. The van der Waals surface area contributed by atoms with Gasteiger partial charge in [0.2, 0.25) is 0 Å². The Balaban J connectivity index is 1.09. The van der Waals surface area contributed by atoms with Crippen LogP contribution in [0.1, 0.15) is 51.9 Å². The van der Waals surface area contributed by atoms with E-state index in [1.165, 1.54) is 54.7 Å². The van der Waals surface area contributed by atoms with E-state index in [2.05, 4.69) is 181 Å². The standard InChI is InChI=1S/C54H37N3O/c1-2-13-34(14-3-1)52-55-53(41-23-22-33-12-4-5-15-35(33)27-41)57-54(56-52)48-30-42(32-50-51(48)47-29-38-18-8-9-19-39(38)31-49(47)58-50)43-25-24-40-26-36-16-6-7-17-37(36)28-46(40)45-21-11-10-20-44(43)45/h1-23,26-32,43,53H,24-25H2,(H,55,56,57). The van der Waals surface area contributed by atoms with Gasteiger partial charge in [-0.1, -0.05) is 146 Å². The molecular formula is C54H37N3O. The minimum atomic E-state index is -0.448. The number of benzene rings is 9. The van der Waals surface area contributed by atoms with E-state index in [1.54, 1.807) is 0 Å². The van der Waals surface area contributed by atoms with Gasteiger partial charge in [-0.3, -0.25) is 0 Å². The molecule has 2 heterocycles. The second-order valence-electron chi connectivity index (χ2n) is 15.7. The first-order chi connectivity index (χ1) is 28.7. The first kappa shape index (κ1) is 32.9. The lowest BCUT2D eigenvalue weighted by Gasteiger charge is -2.24. The summed E-state index contributed by atoms with van der Waals surface area (Å²) in [5.41, 5.74) is 11.4. The number of amidine groups is 2. The van der Waals surface area contributed by atoms with Crippen molar-refractivity contribution in [3.05, 3.63) is 215 Å². The quantitative estimate of drug-likeness (QED) is 0.195. The molecule has 274 valence electrons. The number of hydrogen-bond donors (Lipinski definition) is 1. The van der Waals surface area contributed by atoms with Gasteiger partial charge in [0, 0.05) is 27.8 Å². The molecule has 1 aliphatic carbocycles. The molecule has 0 amide bonds. The molecule has 2 atom stereocenters. The number of fused-ring (bicyclic) bond motifs is 9. The van der Waals surface area contributed by atoms with Crippen molar-refractivity contribution in [2.45, 2.75) is 24.9 Å². The SMILES string of the molecule is c1ccc(C2=NC(c3ccc4ccccc4c3)N=C(c3cc(C4CCc5cc6ccccc6cc5-c5ccccc54)cc4oc5cc6ccccc6cc5c34)N2)cc1. The van der Waals surface area contributed by atoms with Crippen molar-refractivity contribution in [3.8, 4) is 11.1 Å². The number of aliphatic imine (C=N–C) groups is 2. The van der Waals surface area contributed by atoms with Gasteiger partial charge in [-0.15, -0.1) is 0 Å². The van der Waals surface area contributed by atoms with Crippen molar-refractivity contribution in [1.82, 2.24) is 5.32 Å². The minimum absolute atomic E-state index is 0.130. The molecule has 58 heavy (non-hydrogen) atoms. The van der Waals surface area contributed by atoms with E-state index in [0.717, 1.165) is 68.5 Å². The monoisotopic (exact) mass is 743 g/mol. The number of hydrogen-bond acceptors (Lipinski definition) is 4. The van der Waals surface area contributed by atoms with E-state index in [1.807, 2.05) is 6.07 Å². The number of furan rings is 1. The van der Waals surface area contributed by atoms with E-state index < -0.39 is 6.17 Å². The van der Waals surface area contributed by atoms with Gasteiger partial charge < -0.3 is 9.73 Å². The molecule has 0 saturated carbocycles. The molecule has 2 aliphatic rings. The van der Waals surface area contributed by atoms with Gasteiger partial charge in [-0.25, -0.2) is 9.98 Å². The van der Waals surface area contributed by atoms with Crippen LogP contribution in [-0.2, 0) is 6.42 Å². The molecule has 9 aromatic carbocycles. The Morgan fingerprint density at radius 1 is 0.466 bits per heavy atom. The molecule has 0 spiro atoms. The summed E-state index contributed by atoms with van der Waals surface area (Å²) in [6, 6.07) is 65.6. The van der Waals surface area contributed by atoms with Crippen molar-refractivity contribution in [1.29, 1.82) is 0 Å². The summed E-state index contributed by atoms with van der Waals surface area (Å²) >= 11 is 0. The lowest BCUT2D eigenvalue weighted by atomic mass is 9.84. The lowest BCUT2D eigenvalue weighted by molar-refractivity contribution is 0.665. The van der Waals surface area contributed by atoms with Crippen LogP contribution >= 0.6 is 0 Å². The molecule has 4 nitrogen and oxygen atoms in total. The van der Waals surface area contributed by atoms with Gasteiger partial charge in [0.25, 0.3) is 0 Å². The third-order valence-corrected chi connectivity index (χ3v) is 12.3. The maximum absolute atomic E-state index is 6.91. The normalized spacial score (nSPS) is 16.5. The summed E-state index contributed by atoms with van der Waals surface area (Å²) in [6.07, 6.45) is 1.48. The molecule has 1 aliphatic heterocycles. The van der Waals surface area contributed by atoms with Crippen LogP contribution in [0.25, 0.3) is 65.4 Å². The molecule has 0 bridgehead atoms. The van der Waals surface area contributed by atoms with Crippen LogP contribution in [0, 0.1) is 0 Å². The molecule has 10 aromatic rings. The van der Waals surface area contributed by atoms with Gasteiger partial charge in [0.15, 0.2) is 6.17 Å². The Bertz CT molecular complexity index is 3340. The zero-order chi connectivity index (χ0) is 38.2. The van der Waals surface area contributed by atoms with E-state index >= 15 is 0 Å². The van der Waals surface area contributed by atoms with E-state index in [-0.39, 0.29) is 5.92 Å². The molecular weight excluding hydrogens is 707 g/mol. The smallest absolute Gasteiger partial charge is 0.169 e. The van der Waals surface area contributed by atoms with E-state index in [9.17, 15) is 0 Å². The van der Waals surface area contributed by atoms with Crippen LogP contribution < -0.4 is 5.32 Å². The summed E-state index contributed by atoms with van der Waals surface area (Å²) in [6.45, 7) is 0. The van der Waals surface area contributed by atoms with Crippen molar-refractivity contribution in [2.75, 3.05) is 0 Å². The summed E-state index contributed by atoms with van der Waals surface area (Å²) in [5, 5.41) is 13.1. The molecule has 1 N–H and O–H groups in total. The Morgan fingerprint density at radius 2 is 1.12 bits per heavy atom. The zero-order valence-electron chi connectivity index (χ0n) is 31.7. The molecule has 0 fully saturated rings. The first-order valence-corrected chi connectivity index (χ1v) is 20.2. The predicted octanol–water partition coefficient (Wildman–Crippen LogP) is 13.3. The van der Waals surface area contributed by atoms with E-state index in [0.29, 0.717) is 0 Å². The molecule has 0 saturated heterocycles. The van der Waals surface area contributed by atoms with Gasteiger partial charge in [0.05, 0.1) is 0 Å². The average Bonchev–Trinajstić information content (AvgIpc) is 3.56. The number of nitrogens with zero attached hydrogens (tertiary/aromatic N) is 2. The largest absolute Gasteiger partial charge is 0.456 e. The third-order valence-electron chi connectivity index (χ3n) is 12.3. The van der Waals surface area contributed by atoms with Crippen molar-refractivity contribution >= 4 is 65.9 Å². The van der Waals surface area contributed by atoms with Crippen molar-refractivity contribution < 1.29 is 4.42 Å². The second-order valence-corrected chi connectivity index (χ2v) is 15.7. The van der Waals surface area contributed by atoms with Crippen molar-refractivity contribution in [2.24, 2.45) is 9.98 Å². The number of rotatable bonds is 4. The fourth-order valence-corrected chi connectivity index (χ4v) is 9.44. The lowest BCUT2D eigenvalue weighted by Crippen LogP contribution is -2.36. The third kappa shape index (κ3) is 5.44. The van der Waals surface area contributed by atoms with Crippen molar-refractivity contribution in [3.63, 3.8) is 0 Å². The van der Waals surface area contributed by atoms with Crippen LogP contribution in [0.4, 0.5) is 0 Å². The maximum Gasteiger partial charge on any atom is 0.169 e. The van der Waals surface area contributed by atoms with Crippen LogP contribution in [0.2, 0.25) is 0 Å². The van der Waals surface area contributed by atoms with Crippen LogP contribution in [-0.4, -0.2) is 11.7 Å². The summed E-state index contributed by atoms with van der Waals surface area (Å²) < 4.78 is 6.91. The minimum Gasteiger partial charge on any atom is -0.456 e. The summed E-state index contributed by atoms with van der Waals surface area (Å²) in [5.74, 6) is 1.71. The van der Waals surface area contributed by atoms with Gasteiger partial charge in [-0.05, 0) is 115 Å². The highest BCUT2D eigenvalue weighted by atomic mass is 16.3. The van der Waals surface area contributed by atoms with Crippen LogP contribution in [0.15, 0.2) is 196 Å². The maximum atomic E-state index is 6.91. The Kier molecular flexibility index (Phi) is 7.45. The van der Waals surface area contributed by atoms with E-state index in [4.69, 9.17) is 14.4 Å². The topological polar surface area (TPSA) is 49.9 Å². The molecule has 0 radical (unpaired) electrons. The van der Waals surface area contributed by atoms with Gasteiger partial charge >= 0.3 is 0 Å². The Labute approximate surface area is 335 Å². The predicted molar refractivity (Wildman–Crippen MR) is 240 cm³/mol. The Morgan fingerprint density at radius 3 is 1.93 bits per heavy atom. The fraction of sp³-hybridized carbons (Fsp3) is 0.0741. The molecule has 12 rings (SSSR count). The molecule has 2 unspecified atom stereocenters. The fourth-order valence-electron chi connectivity index (χ4n) is 9.44. The highest BCUT2D eigenvalue weighted by Gasteiger charge is 2.29. The summed E-state index contributed by atoms with van der Waals surface area (Å²) in [4.78, 5) is 10.8. The van der Waals surface area contributed by atoms with Gasteiger partial charge in [0.1, 0.15) is 22.8 Å². The zero-order valence-corrected chi connectivity index (χ0v) is 31.7. The van der Waals surface area contributed by atoms with Gasteiger partial charge in [-0.2, -0.15) is 0 Å².